The van der Waals surface area contributed by atoms with Crippen molar-refractivity contribution in [1.29, 1.82) is 0 Å². The lowest BCUT2D eigenvalue weighted by Gasteiger charge is -2.25. The van der Waals surface area contributed by atoms with Gasteiger partial charge in [-0.3, -0.25) is 4.99 Å². The van der Waals surface area contributed by atoms with E-state index in [1.807, 2.05) is 18.5 Å². The molecule has 1 aromatic carbocycles. The topological polar surface area (TPSA) is 76.4 Å². The van der Waals surface area contributed by atoms with Crippen LogP contribution in [0, 0.1) is 11.8 Å². The highest BCUT2D eigenvalue weighted by Gasteiger charge is 2.39. The van der Waals surface area contributed by atoms with Gasteiger partial charge < -0.3 is 19.9 Å². The first-order chi connectivity index (χ1) is 14.8. The van der Waals surface area contributed by atoms with Gasteiger partial charge in [0, 0.05) is 32.1 Å². The molecule has 30 heavy (non-hydrogen) atoms. The van der Waals surface area contributed by atoms with Crippen LogP contribution in [0.15, 0.2) is 35.6 Å². The molecule has 162 valence electrons. The number of fused-ring (bicyclic) bond motifs is 2. The molecule has 2 saturated carbocycles. The molecule has 2 aliphatic carbocycles. The average molecular weight is 411 g/mol. The number of aliphatic imine (C=N–C) groups is 1. The lowest BCUT2D eigenvalue weighted by atomic mass is 9.95. The van der Waals surface area contributed by atoms with Gasteiger partial charge in [-0.05, 0) is 49.1 Å². The predicted molar refractivity (Wildman–Crippen MR) is 119 cm³/mol. The van der Waals surface area contributed by atoms with E-state index in [1.165, 1.54) is 31.2 Å². The fourth-order valence-corrected chi connectivity index (χ4v) is 4.98. The number of guanidine groups is 1. The number of hydrogen-bond donors (Lipinski definition) is 2. The zero-order valence-corrected chi connectivity index (χ0v) is 18.2. The Morgan fingerprint density at radius 3 is 2.93 bits per heavy atom. The quantitative estimate of drug-likeness (QED) is 0.491. The number of nitrogens with one attached hydrogen (secondary N) is 2. The molecular formula is C23H34N6O. The van der Waals surface area contributed by atoms with Crippen molar-refractivity contribution >= 4 is 5.96 Å². The van der Waals surface area contributed by atoms with E-state index in [4.69, 9.17) is 9.73 Å². The Bertz CT molecular complexity index is 848. The number of nitrogens with zero attached hydrogens (tertiary/aromatic N) is 4. The Morgan fingerprint density at radius 2 is 2.17 bits per heavy atom. The summed E-state index contributed by atoms with van der Waals surface area (Å²) in [4.78, 5) is 4.90. The molecule has 0 amide bonds. The molecule has 2 aromatic rings. The summed E-state index contributed by atoms with van der Waals surface area (Å²) < 4.78 is 7.59. The molecule has 0 radical (unpaired) electrons. The molecule has 3 unspecified atom stereocenters. The Balaban J connectivity index is 1.36. The van der Waals surface area contributed by atoms with Crippen molar-refractivity contribution in [3.63, 3.8) is 0 Å². The Kier molecular flexibility index (Phi) is 6.87. The number of hydrogen-bond acceptors (Lipinski definition) is 4. The summed E-state index contributed by atoms with van der Waals surface area (Å²) in [6, 6.07) is 8.74. The Hall–Kier alpha value is -2.57. The van der Waals surface area contributed by atoms with E-state index in [0.717, 1.165) is 61.8 Å². The number of aromatic nitrogens is 3. The van der Waals surface area contributed by atoms with E-state index >= 15 is 0 Å². The Labute approximate surface area is 179 Å². The molecule has 7 heteroatoms. The zero-order chi connectivity index (χ0) is 20.8. The second-order valence-corrected chi connectivity index (χ2v) is 8.44. The van der Waals surface area contributed by atoms with Gasteiger partial charge in [0.2, 0.25) is 0 Å². The van der Waals surface area contributed by atoms with Crippen LogP contribution in [0.2, 0.25) is 0 Å². The fraction of sp³-hybridized carbons (Fsp3) is 0.609. The lowest BCUT2D eigenvalue weighted by Crippen LogP contribution is -2.46. The maximum atomic E-state index is 5.48. The summed E-state index contributed by atoms with van der Waals surface area (Å²) in [6.45, 7) is 4.46. The number of para-hydroxylation sites is 1. The summed E-state index contributed by atoms with van der Waals surface area (Å²) in [5, 5.41) is 15.5. The van der Waals surface area contributed by atoms with Crippen molar-refractivity contribution in [3.8, 4) is 5.75 Å². The molecule has 3 atom stereocenters. The smallest absolute Gasteiger partial charge is 0.191 e. The molecule has 2 N–H and O–H groups in total. The van der Waals surface area contributed by atoms with E-state index in [2.05, 4.69) is 44.5 Å². The first-order valence-corrected chi connectivity index (χ1v) is 11.3. The van der Waals surface area contributed by atoms with Gasteiger partial charge >= 0.3 is 0 Å². The van der Waals surface area contributed by atoms with Crippen molar-refractivity contribution in [1.82, 2.24) is 25.4 Å². The van der Waals surface area contributed by atoms with Crippen molar-refractivity contribution in [3.05, 3.63) is 42.0 Å². The van der Waals surface area contributed by atoms with Crippen molar-refractivity contribution < 1.29 is 4.74 Å². The minimum Gasteiger partial charge on any atom is -0.496 e. The summed E-state index contributed by atoms with van der Waals surface area (Å²) in [7, 11) is 1.72. The van der Waals surface area contributed by atoms with Crippen LogP contribution in [-0.4, -0.2) is 47.0 Å². The number of rotatable bonds is 9. The molecule has 0 aliphatic heterocycles. The normalized spacial score (nSPS) is 23.0. The second kappa shape index (κ2) is 9.96. The third-order valence-corrected chi connectivity index (χ3v) is 6.56. The van der Waals surface area contributed by atoms with Crippen LogP contribution >= 0.6 is 0 Å². The molecular weight excluding hydrogens is 376 g/mol. The third kappa shape index (κ3) is 4.94. The first-order valence-electron chi connectivity index (χ1n) is 11.3. The van der Waals surface area contributed by atoms with E-state index in [9.17, 15) is 0 Å². The maximum Gasteiger partial charge on any atom is 0.191 e. The third-order valence-electron chi connectivity index (χ3n) is 6.56. The van der Waals surface area contributed by atoms with Gasteiger partial charge in [-0.15, -0.1) is 10.2 Å². The van der Waals surface area contributed by atoms with E-state index in [0.29, 0.717) is 6.04 Å². The van der Waals surface area contributed by atoms with Crippen LogP contribution < -0.4 is 15.4 Å². The molecule has 2 bridgehead atoms. The molecule has 4 rings (SSSR count). The number of ether oxygens (including phenoxy) is 1. The van der Waals surface area contributed by atoms with Crippen molar-refractivity contribution in [2.24, 2.45) is 16.8 Å². The summed E-state index contributed by atoms with van der Waals surface area (Å²) in [5.74, 6) is 4.59. The van der Waals surface area contributed by atoms with E-state index < -0.39 is 0 Å². The molecule has 0 saturated heterocycles. The van der Waals surface area contributed by atoms with Gasteiger partial charge in [-0.1, -0.05) is 31.5 Å². The molecule has 2 fully saturated rings. The first kappa shape index (κ1) is 20.7. The predicted octanol–water partition coefficient (Wildman–Crippen LogP) is 2.82. The average Bonchev–Trinajstić information content (AvgIpc) is 3.51. The highest BCUT2D eigenvalue weighted by Crippen LogP contribution is 2.44. The number of methoxy groups -OCH3 is 1. The lowest BCUT2D eigenvalue weighted by molar-refractivity contribution is 0.386. The summed E-state index contributed by atoms with van der Waals surface area (Å²) >= 11 is 0. The van der Waals surface area contributed by atoms with Crippen LogP contribution in [-0.2, 0) is 19.4 Å². The minimum atomic E-state index is 0.558. The monoisotopic (exact) mass is 410 g/mol. The van der Waals surface area contributed by atoms with Crippen LogP contribution in [0.5, 0.6) is 5.75 Å². The number of aryl methyl sites for hydroxylation is 1. The minimum absolute atomic E-state index is 0.558. The Morgan fingerprint density at radius 1 is 1.27 bits per heavy atom. The second-order valence-electron chi connectivity index (χ2n) is 8.44. The molecule has 2 aliphatic rings. The van der Waals surface area contributed by atoms with Crippen molar-refractivity contribution in [2.75, 3.05) is 20.2 Å². The van der Waals surface area contributed by atoms with Gasteiger partial charge in [0.05, 0.1) is 7.11 Å². The highest BCUT2D eigenvalue weighted by atomic mass is 16.5. The van der Waals surface area contributed by atoms with Gasteiger partial charge in [0.25, 0.3) is 0 Å². The zero-order valence-electron chi connectivity index (χ0n) is 18.2. The highest BCUT2D eigenvalue weighted by molar-refractivity contribution is 5.80. The molecule has 0 spiro atoms. The van der Waals surface area contributed by atoms with Crippen molar-refractivity contribution in [2.45, 2.75) is 58.0 Å². The summed E-state index contributed by atoms with van der Waals surface area (Å²) in [5.41, 5.74) is 1.19. The molecule has 1 aromatic heterocycles. The molecule has 1 heterocycles. The molecule has 7 nitrogen and oxygen atoms in total. The van der Waals surface area contributed by atoms with Crippen LogP contribution in [0.4, 0.5) is 0 Å². The van der Waals surface area contributed by atoms with Crippen LogP contribution in [0.25, 0.3) is 0 Å². The van der Waals surface area contributed by atoms with Crippen LogP contribution in [0.3, 0.4) is 0 Å². The van der Waals surface area contributed by atoms with E-state index in [-0.39, 0.29) is 0 Å². The SMILES string of the molecule is CCc1nncn1CCNC(=NCCc1ccccc1OC)NC1CC2CCC1C2. The van der Waals surface area contributed by atoms with Gasteiger partial charge in [-0.25, -0.2) is 0 Å². The van der Waals surface area contributed by atoms with Gasteiger partial charge in [0.1, 0.15) is 17.9 Å². The summed E-state index contributed by atoms with van der Waals surface area (Å²) in [6.07, 6.45) is 8.99. The van der Waals surface area contributed by atoms with Crippen LogP contribution in [0.1, 0.15) is 44.0 Å². The van der Waals surface area contributed by atoms with Gasteiger partial charge in [0.15, 0.2) is 5.96 Å². The van der Waals surface area contributed by atoms with E-state index in [1.54, 1.807) is 7.11 Å². The number of benzene rings is 1. The fourth-order valence-electron chi connectivity index (χ4n) is 4.98. The largest absolute Gasteiger partial charge is 0.496 e. The van der Waals surface area contributed by atoms with Gasteiger partial charge in [-0.2, -0.15) is 0 Å². The maximum absolute atomic E-state index is 5.48. The standard InChI is InChI=1S/C23H34N6O/c1-3-22-28-26-16-29(22)13-12-25-23(27-20-15-17-8-9-19(20)14-17)24-11-10-18-6-4-5-7-21(18)30-2/h4-7,16-17,19-20H,3,8-15H2,1-2H3,(H2,24,25,27).